The lowest BCUT2D eigenvalue weighted by atomic mass is 10.3. The summed E-state index contributed by atoms with van der Waals surface area (Å²) in [5.41, 5.74) is 5.33. The zero-order chi connectivity index (χ0) is 12.3. The summed E-state index contributed by atoms with van der Waals surface area (Å²) in [7, 11) is 1.49. The minimum atomic E-state index is -0.682. The molecular weight excluding hydrogens is 224 g/mol. The van der Waals surface area contributed by atoms with E-state index in [4.69, 9.17) is 15.2 Å². The van der Waals surface area contributed by atoms with Crippen LogP contribution in [0.3, 0.4) is 0 Å². The van der Waals surface area contributed by atoms with Gasteiger partial charge in [0.05, 0.1) is 7.11 Å². The number of hydrogen-bond acceptors (Lipinski definition) is 6. The Kier molecular flexibility index (Phi) is 2.95. The molecule has 0 aliphatic heterocycles. The number of nitrogens with zero attached hydrogens (tertiary/aromatic N) is 1. The Labute approximate surface area is 96.9 Å². The fourth-order valence-corrected chi connectivity index (χ4v) is 1.24. The van der Waals surface area contributed by atoms with Gasteiger partial charge in [-0.1, -0.05) is 17.3 Å². The maximum Gasteiger partial charge on any atom is 0.382 e. The van der Waals surface area contributed by atoms with Gasteiger partial charge >= 0.3 is 5.97 Å². The van der Waals surface area contributed by atoms with Crippen LogP contribution in [0.25, 0.3) is 0 Å². The first-order valence-electron chi connectivity index (χ1n) is 4.78. The van der Waals surface area contributed by atoms with Crippen LogP contribution in [0.1, 0.15) is 10.6 Å². The molecule has 6 nitrogen and oxygen atoms in total. The summed E-state index contributed by atoms with van der Waals surface area (Å²) in [4.78, 5) is 11.6. The Morgan fingerprint density at radius 3 is 2.65 bits per heavy atom. The number of anilines is 1. The number of para-hydroxylation sites is 2. The van der Waals surface area contributed by atoms with Crippen molar-refractivity contribution < 1.29 is 18.8 Å². The van der Waals surface area contributed by atoms with Crippen molar-refractivity contribution in [3.8, 4) is 11.5 Å². The molecule has 0 fully saturated rings. The molecule has 0 aliphatic rings. The van der Waals surface area contributed by atoms with Gasteiger partial charge in [0.25, 0.3) is 0 Å². The summed E-state index contributed by atoms with van der Waals surface area (Å²) in [6.07, 6.45) is 0. The molecule has 1 aromatic carbocycles. The molecule has 0 spiro atoms. The van der Waals surface area contributed by atoms with Gasteiger partial charge in [0, 0.05) is 6.07 Å². The van der Waals surface area contributed by atoms with E-state index in [0.29, 0.717) is 11.5 Å². The molecule has 0 amide bonds. The minimum absolute atomic E-state index is 0.0617. The van der Waals surface area contributed by atoms with E-state index >= 15 is 0 Å². The van der Waals surface area contributed by atoms with Crippen molar-refractivity contribution in [3.63, 3.8) is 0 Å². The van der Waals surface area contributed by atoms with Gasteiger partial charge in [-0.15, -0.1) is 0 Å². The molecule has 17 heavy (non-hydrogen) atoms. The standard InChI is InChI=1S/C11H10N2O4/c1-15-7-4-2-3-5-8(7)16-11(14)9-6-10(12)13-17-9/h2-6H,1H3,(H2,12,13). The fourth-order valence-electron chi connectivity index (χ4n) is 1.24. The van der Waals surface area contributed by atoms with E-state index in [1.54, 1.807) is 24.3 Å². The van der Waals surface area contributed by atoms with E-state index in [0.717, 1.165) is 0 Å². The summed E-state index contributed by atoms with van der Waals surface area (Å²) in [5, 5.41) is 3.39. The Morgan fingerprint density at radius 2 is 2.06 bits per heavy atom. The smallest absolute Gasteiger partial charge is 0.382 e. The van der Waals surface area contributed by atoms with E-state index in [-0.39, 0.29) is 11.6 Å². The van der Waals surface area contributed by atoms with Crippen LogP contribution in [0.5, 0.6) is 11.5 Å². The summed E-state index contributed by atoms with van der Waals surface area (Å²) in [5.74, 6) is 0.132. The predicted octanol–water partition coefficient (Wildman–Crippen LogP) is 1.48. The molecule has 0 aliphatic carbocycles. The number of aromatic nitrogens is 1. The van der Waals surface area contributed by atoms with Crippen molar-refractivity contribution in [1.82, 2.24) is 5.16 Å². The highest BCUT2D eigenvalue weighted by molar-refractivity contribution is 5.89. The third-order valence-corrected chi connectivity index (χ3v) is 2.00. The van der Waals surface area contributed by atoms with Crippen LogP contribution in [0.2, 0.25) is 0 Å². The Balaban J connectivity index is 2.18. The number of esters is 1. The highest BCUT2D eigenvalue weighted by Crippen LogP contribution is 2.26. The van der Waals surface area contributed by atoms with Gasteiger partial charge < -0.3 is 19.7 Å². The van der Waals surface area contributed by atoms with Gasteiger partial charge in [-0.25, -0.2) is 4.79 Å². The topological polar surface area (TPSA) is 87.6 Å². The molecule has 6 heteroatoms. The van der Waals surface area contributed by atoms with Gasteiger partial charge in [0.15, 0.2) is 17.3 Å². The predicted molar refractivity (Wildman–Crippen MR) is 58.9 cm³/mol. The lowest BCUT2D eigenvalue weighted by Gasteiger charge is -2.06. The van der Waals surface area contributed by atoms with Crippen LogP contribution in [0, 0.1) is 0 Å². The summed E-state index contributed by atoms with van der Waals surface area (Å²) in [6.45, 7) is 0. The first-order valence-corrected chi connectivity index (χ1v) is 4.78. The van der Waals surface area contributed by atoms with E-state index < -0.39 is 5.97 Å². The first kappa shape index (κ1) is 11.0. The van der Waals surface area contributed by atoms with Crippen LogP contribution in [0.4, 0.5) is 5.82 Å². The lowest BCUT2D eigenvalue weighted by Crippen LogP contribution is -2.08. The van der Waals surface area contributed by atoms with Gasteiger partial charge in [-0.05, 0) is 12.1 Å². The Bertz CT molecular complexity index is 536. The van der Waals surface area contributed by atoms with Crippen molar-refractivity contribution in [2.45, 2.75) is 0 Å². The van der Waals surface area contributed by atoms with E-state index in [1.807, 2.05) is 0 Å². The molecule has 1 heterocycles. The van der Waals surface area contributed by atoms with Gasteiger partial charge in [0.1, 0.15) is 0 Å². The number of benzene rings is 1. The van der Waals surface area contributed by atoms with E-state index in [9.17, 15) is 4.79 Å². The fraction of sp³-hybridized carbons (Fsp3) is 0.0909. The van der Waals surface area contributed by atoms with Gasteiger partial charge in [0.2, 0.25) is 5.76 Å². The molecule has 0 bridgehead atoms. The summed E-state index contributed by atoms with van der Waals surface area (Å²) >= 11 is 0. The lowest BCUT2D eigenvalue weighted by molar-refractivity contribution is 0.0686. The monoisotopic (exact) mass is 234 g/mol. The van der Waals surface area contributed by atoms with Crippen LogP contribution in [-0.2, 0) is 0 Å². The zero-order valence-corrected chi connectivity index (χ0v) is 9.04. The molecule has 0 atom stereocenters. The molecule has 88 valence electrons. The molecular formula is C11H10N2O4. The highest BCUT2D eigenvalue weighted by Gasteiger charge is 2.16. The molecule has 2 aromatic rings. The molecule has 2 N–H and O–H groups in total. The Hall–Kier alpha value is -2.50. The van der Waals surface area contributed by atoms with E-state index in [2.05, 4.69) is 9.68 Å². The number of methoxy groups -OCH3 is 1. The number of ether oxygens (including phenoxy) is 2. The number of rotatable bonds is 3. The molecule has 0 saturated heterocycles. The maximum atomic E-state index is 11.6. The van der Waals surface area contributed by atoms with Crippen molar-refractivity contribution in [1.29, 1.82) is 0 Å². The molecule has 1 aromatic heterocycles. The molecule has 0 unspecified atom stereocenters. The average molecular weight is 234 g/mol. The van der Waals surface area contributed by atoms with Crippen LogP contribution in [0.15, 0.2) is 34.9 Å². The highest BCUT2D eigenvalue weighted by atomic mass is 16.6. The summed E-state index contributed by atoms with van der Waals surface area (Å²) in [6, 6.07) is 8.06. The van der Waals surface area contributed by atoms with Gasteiger partial charge in [-0.3, -0.25) is 0 Å². The second-order valence-electron chi connectivity index (χ2n) is 3.16. The minimum Gasteiger partial charge on any atom is -0.493 e. The van der Waals surface area contributed by atoms with Crippen molar-refractivity contribution >= 4 is 11.8 Å². The molecule has 0 saturated carbocycles. The SMILES string of the molecule is COc1ccccc1OC(=O)c1cc(N)no1. The average Bonchev–Trinajstić information content (AvgIpc) is 2.77. The third kappa shape index (κ3) is 2.36. The zero-order valence-electron chi connectivity index (χ0n) is 9.04. The third-order valence-electron chi connectivity index (χ3n) is 2.00. The number of carbonyl (C=O) groups is 1. The quantitative estimate of drug-likeness (QED) is 0.639. The Morgan fingerprint density at radius 1 is 1.35 bits per heavy atom. The van der Waals surface area contributed by atoms with Crippen LogP contribution in [-0.4, -0.2) is 18.2 Å². The van der Waals surface area contributed by atoms with Crippen molar-refractivity contribution in [3.05, 3.63) is 36.1 Å². The number of hydrogen-bond donors (Lipinski definition) is 1. The normalized spacial score (nSPS) is 9.94. The second-order valence-corrected chi connectivity index (χ2v) is 3.16. The number of nitrogens with two attached hydrogens (primary N) is 1. The summed E-state index contributed by atoms with van der Waals surface area (Å²) < 4.78 is 14.8. The van der Waals surface area contributed by atoms with Crippen molar-refractivity contribution in [2.75, 3.05) is 12.8 Å². The molecule has 0 radical (unpaired) electrons. The second kappa shape index (κ2) is 4.56. The first-order chi connectivity index (χ1) is 8.20. The largest absolute Gasteiger partial charge is 0.493 e. The molecule has 2 rings (SSSR count). The van der Waals surface area contributed by atoms with Crippen LogP contribution >= 0.6 is 0 Å². The number of nitrogen functional groups attached to an aromatic ring is 1. The number of carbonyl (C=O) groups excluding carboxylic acids is 1. The maximum absolute atomic E-state index is 11.6. The van der Waals surface area contributed by atoms with Gasteiger partial charge in [-0.2, -0.15) is 0 Å². The van der Waals surface area contributed by atoms with Crippen LogP contribution < -0.4 is 15.2 Å². The van der Waals surface area contributed by atoms with Crippen molar-refractivity contribution in [2.24, 2.45) is 0 Å². The van der Waals surface area contributed by atoms with E-state index in [1.165, 1.54) is 13.2 Å².